The second-order valence-corrected chi connectivity index (χ2v) is 15.4. The second kappa shape index (κ2) is 29.5. The van der Waals surface area contributed by atoms with Gasteiger partial charge in [0.2, 0.25) is 0 Å². The summed E-state index contributed by atoms with van der Waals surface area (Å²) in [6, 6.07) is 35.8. The highest BCUT2D eigenvalue weighted by Gasteiger charge is 2.19. The van der Waals surface area contributed by atoms with Gasteiger partial charge in [-0.05, 0) is 72.8 Å². The Labute approximate surface area is 423 Å². The van der Waals surface area contributed by atoms with Crippen molar-refractivity contribution in [2.75, 3.05) is 88.3 Å². The maximum atomic E-state index is 12.5. The van der Waals surface area contributed by atoms with E-state index in [2.05, 4.69) is 14.9 Å². The molecule has 0 radical (unpaired) electrons. The quantitative estimate of drug-likeness (QED) is 0.0596. The highest BCUT2D eigenvalue weighted by atomic mass is 19.1. The molecule has 0 bridgehead atoms. The highest BCUT2D eigenvalue weighted by Crippen LogP contribution is 2.33. The van der Waals surface area contributed by atoms with Crippen molar-refractivity contribution >= 4 is 21.9 Å². The lowest BCUT2D eigenvalue weighted by atomic mass is 10.1. The summed E-state index contributed by atoms with van der Waals surface area (Å²) in [6.45, 7) is 4.64. The van der Waals surface area contributed by atoms with E-state index in [9.17, 15) is 14.0 Å². The second-order valence-electron chi connectivity index (χ2n) is 15.4. The molecule has 4 aromatic carbocycles. The topological polar surface area (TPSA) is 189 Å². The summed E-state index contributed by atoms with van der Waals surface area (Å²) >= 11 is 0. The Bertz CT molecular complexity index is 2980. The molecule has 0 amide bonds. The standard InChI is InChI=1S/C35H37N3O8.C19H19NO4.CH3F.CH4/c1-40-31-13-15-36-27(34(31)42-3)22-38(23-28-35(43-4)32(41-2)14-16-37-28)17-18-44-19-20-45-25-11-9-24(10-12-25)33-21-29(39)26-7-5-6-8-30(26)46-33;20-9-10-22-11-12-23-15-7-5-14(6-8-15)19-13-17(21)16-3-1-2-4-18(16)24-19;1-2;/h5-16,21H,17-20,22-23H2,1-4H3;1-8,13H,9-12,20H2;1H3;1H4. The van der Waals surface area contributed by atoms with Crippen LogP contribution in [0, 0.1) is 0 Å². The number of nitrogens with zero attached hydrogens (tertiary/aromatic N) is 3. The van der Waals surface area contributed by atoms with E-state index in [0.717, 1.165) is 28.3 Å². The van der Waals surface area contributed by atoms with Gasteiger partial charge in [0.1, 0.15) is 58.8 Å². The number of alkyl halides is 1. The average molecular weight is 1000 g/mol. The molecule has 0 spiro atoms. The zero-order valence-corrected chi connectivity index (χ0v) is 41.0. The molecule has 2 N–H and O–H groups in total. The summed E-state index contributed by atoms with van der Waals surface area (Å²) in [5, 5.41) is 1.14. The lowest BCUT2D eigenvalue weighted by Gasteiger charge is -2.24. The van der Waals surface area contributed by atoms with E-state index < -0.39 is 0 Å². The third-order valence-electron chi connectivity index (χ3n) is 10.8. The van der Waals surface area contributed by atoms with Crippen LogP contribution in [0.5, 0.6) is 34.5 Å². The van der Waals surface area contributed by atoms with Crippen LogP contribution in [-0.2, 0) is 22.6 Å². The Morgan fingerprint density at radius 3 is 1.37 bits per heavy atom. The number of aromatic nitrogens is 2. The minimum atomic E-state index is -0.0781. The molecule has 73 heavy (non-hydrogen) atoms. The van der Waals surface area contributed by atoms with Crippen molar-refractivity contribution in [3.63, 3.8) is 0 Å². The summed E-state index contributed by atoms with van der Waals surface area (Å²) in [5.41, 5.74) is 9.40. The number of ether oxygens (including phenoxy) is 8. The highest BCUT2D eigenvalue weighted by molar-refractivity contribution is 5.79. The summed E-state index contributed by atoms with van der Waals surface area (Å²) in [4.78, 5) is 35.9. The molecule has 16 nitrogen and oxygen atoms in total. The van der Waals surface area contributed by atoms with Crippen molar-refractivity contribution in [2.24, 2.45) is 5.73 Å². The van der Waals surface area contributed by atoms with E-state index in [-0.39, 0.29) is 18.3 Å². The number of methoxy groups -OCH3 is 4. The SMILES string of the molecule is C.CF.COc1ccnc(CN(CCOCCOc2ccc(-c3cc(=O)c4ccccc4o3)cc2)Cc2nccc(OC)c2OC)c1OC.NCCOCCOc1ccc(-c2cc(=O)c3ccccc3o2)cc1. The van der Waals surface area contributed by atoms with Crippen molar-refractivity contribution in [2.45, 2.75) is 20.5 Å². The Balaban J connectivity index is 0.000000308. The number of fused-ring (bicyclic) bond motifs is 2. The number of nitrogens with two attached hydrogens (primary N) is 1. The van der Waals surface area contributed by atoms with Gasteiger partial charge in [-0.3, -0.25) is 28.8 Å². The minimum Gasteiger partial charge on any atom is -0.493 e. The molecule has 4 heterocycles. The van der Waals surface area contributed by atoms with Gasteiger partial charge >= 0.3 is 0 Å². The normalized spacial score (nSPS) is 10.6. The fourth-order valence-electron chi connectivity index (χ4n) is 7.41. The molecule has 4 aromatic heterocycles. The monoisotopic (exact) mass is 1000 g/mol. The van der Waals surface area contributed by atoms with Crippen LogP contribution in [0.3, 0.4) is 0 Å². The van der Waals surface area contributed by atoms with Crippen LogP contribution in [-0.4, -0.2) is 103 Å². The molecule has 0 atom stereocenters. The van der Waals surface area contributed by atoms with Crippen molar-refractivity contribution < 1.29 is 51.1 Å². The van der Waals surface area contributed by atoms with E-state index in [1.54, 1.807) is 77.2 Å². The van der Waals surface area contributed by atoms with E-state index in [4.69, 9.17) is 52.5 Å². The maximum absolute atomic E-state index is 12.5. The minimum absolute atomic E-state index is 0. The molecule has 8 aromatic rings. The van der Waals surface area contributed by atoms with Gasteiger partial charge in [0.05, 0.1) is 72.8 Å². The van der Waals surface area contributed by atoms with Gasteiger partial charge in [-0.2, -0.15) is 0 Å². The number of pyridine rings is 2. The largest absolute Gasteiger partial charge is 0.493 e. The van der Waals surface area contributed by atoms with E-state index in [1.807, 2.05) is 72.8 Å². The number of rotatable bonds is 23. The predicted molar refractivity (Wildman–Crippen MR) is 280 cm³/mol. The predicted octanol–water partition coefficient (Wildman–Crippen LogP) is 9.42. The number of benzene rings is 4. The van der Waals surface area contributed by atoms with Gasteiger partial charge in [-0.15, -0.1) is 0 Å². The van der Waals surface area contributed by atoms with Gasteiger partial charge in [0.15, 0.2) is 33.9 Å². The van der Waals surface area contributed by atoms with Gasteiger partial charge in [-0.25, -0.2) is 0 Å². The van der Waals surface area contributed by atoms with Crippen LogP contribution >= 0.6 is 0 Å². The molecule has 0 fully saturated rings. The van der Waals surface area contributed by atoms with Crippen molar-refractivity contribution in [3.8, 4) is 57.1 Å². The fourth-order valence-corrected chi connectivity index (χ4v) is 7.41. The number of hydrogen-bond acceptors (Lipinski definition) is 16. The van der Waals surface area contributed by atoms with Gasteiger partial charge in [0, 0.05) is 74.0 Å². The summed E-state index contributed by atoms with van der Waals surface area (Å²) in [6.07, 6.45) is 3.38. The van der Waals surface area contributed by atoms with Crippen LogP contribution in [0.4, 0.5) is 4.39 Å². The smallest absolute Gasteiger partial charge is 0.193 e. The molecule has 386 valence electrons. The molecule has 0 unspecified atom stereocenters. The summed E-state index contributed by atoms with van der Waals surface area (Å²) in [5.74, 6) is 4.82. The fraction of sp³-hybridized carbons (Fsp3) is 0.286. The zero-order valence-electron chi connectivity index (χ0n) is 41.0. The molecule has 0 saturated heterocycles. The van der Waals surface area contributed by atoms with Crippen LogP contribution in [0.25, 0.3) is 44.6 Å². The molecule has 0 aliphatic heterocycles. The molecular formula is C56H63FN4O12. The van der Waals surface area contributed by atoms with Crippen LogP contribution in [0.15, 0.2) is 152 Å². The first-order valence-corrected chi connectivity index (χ1v) is 22.9. The third-order valence-corrected chi connectivity index (χ3v) is 10.8. The Kier molecular flexibility index (Phi) is 22.7. The van der Waals surface area contributed by atoms with Gasteiger partial charge in [-0.1, -0.05) is 31.7 Å². The van der Waals surface area contributed by atoms with Gasteiger partial charge < -0.3 is 52.5 Å². The lowest BCUT2D eigenvalue weighted by molar-refractivity contribution is 0.0749. The molecule has 8 rings (SSSR count). The molecule has 0 saturated carbocycles. The maximum Gasteiger partial charge on any atom is 0.193 e. The zero-order chi connectivity index (χ0) is 51.1. The Morgan fingerprint density at radius 2 is 0.959 bits per heavy atom. The lowest BCUT2D eigenvalue weighted by Crippen LogP contribution is -2.29. The van der Waals surface area contributed by atoms with E-state index in [1.165, 1.54) is 12.1 Å². The first-order valence-electron chi connectivity index (χ1n) is 22.9. The molecule has 0 aliphatic carbocycles. The number of hydrogen-bond donors (Lipinski definition) is 1. The average Bonchev–Trinajstić information content (AvgIpc) is 3.42. The number of para-hydroxylation sites is 2. The van der Waals surface area contributed by atoms with E-state index >= 15 is 0 Å². The first-order chi connectivity index (χ1) is 35.3. The molecule has 17 heteroatoms. The van der Waals surface area contributed by atoms with Crippen LogP contribution in [0.1, 0.15) is 18.8 Å². The molecule has 0 aliphatic rings. The van der Waals surface area contributed by atoms with Crippen molar-refractivity contribution in [1.29, 1.82) is 0 Å². The molecular weight excluding hydrogens is 940 g/mol. The third kappa shape index (κ3) is 15.6. The Hall–Kier alpha value is -7.83. The van der Waals surface area contributed by atoms with Crippen molar-refractivity contribution in [1.82, 2.24) is 14.9 Å². The van der Waals surface area contributed by atoms with Crippen molar-refractivity contribution in [3.05, 3.63) is 166 Å². The van der Waals surface area contributed by atoms with Gasteiger partial charge in [0.25, 0.3) is 0 Å². The first kappa shape index (κ1) is 56.1. The number of halogens is 1. The van der Waals surface area contributed by atoms with E-state index in [0.29, 0.717) is 135 Å². The van der Waals surface area contributed by atoms with Crippen LogP contribution in [0.2, 0.25) is 0 Å². The van der Waals surface area contributed by atoms with Crippen LogP contribution < -0.4 is 45.0 Å². The Morgan fingerprint density at radius 1 is 0.534 bits per heavy atom. The summed E-state index contributed by atoms with van der Waals surface area (Å²) in [7, 11) is 6.88. The summed E-state index contributed by atoms with van der Waals surface area (Å²) < 4.78 is 66.1.